The van der Waals surface area contributed by atoms with E-state index in [2.05, 4.69) is 5.32 Å². The van der Waals surface area contributed by atoms with E-state index in [1.54, 1.807) is 6.92 Å². The van der Waals surface area contributed by atoms with Crippen LogP contribution >= 0.6 is 0 Å². The van der Waals surface area contributed by atoms with Crippen molar-refractivity contribution in [3.8, 4) is 0 Å². The summed E-state index contributed by atoms with van der Waals surface area (Å²) < 4.78 is 5.35. The molecular weight excluding hydrogens is 290 g/mol. The maximum Gasteiger partial charge on any atom is 0.307 e. The summed E-state index contributed by atoms with van der Waals surface area (Å²) in [5.41, 5.74) is -0.135. The van der Waals surface area contributed by atoms with Crippen molar-refractivity contribution in [2.45, 2.75) is 84.3 Å². The molecule has 23 heavy (non-hydrogen) atoms. The van der Waals surface area contributed by atoms with Crippen LogP contribution < -0.4 is 5.32 Å². The van der Waals surface area contributed by atoms with Gasteiger partial charge in [-0.15, -0.1) is 0 Å². The second-order valence-electron chi connectivity index (χ2n) is 9.56. The van der Waals surface area contributed by atoms with E-state index in [1.165, 1.54) is 19.3 Å². The molecule has 0 aliphatic heterocycles. The third kappa shape index (κ3) is 3.89. The van der Waals surface area contributed by atoms with Crippen molar-refractivity contribution in [3.63, 3.8) is 0 Å². The van der Waals surface area contributed by atoms with E-state index >= 15 is 0 Å². The molecule has 0 heterocycles. The molecule has 0 spiro atoms. The number of esters is 1. The second kappa shape index (κ2) is 5.78. The van der Waals surface area contributed by atoms with E-state index in [1.807, 2.05) is 20.8 Å². The van der Waals surface area contributed by atoms with Gasteiger partial charge in [0, 0.05) is 5.54 Å². The molecule has 1 amide bonds. The van der Waals surface area contributed by atoms with Crippen molar-refractivity contribution in [1.29, 1.82) is 0 Å². The highest BCUT2D eigenvalue weighted by atomic mass is 16.5. The minimum absolute atomic E-state index is 0.0173. The smallest absolute Gasteiger partial charge is 0.307 e. The quantitative estimate of drug-likeness (QED) is 0.807. The van der Waals surface area contributed by atoms with Gasteiger partial charge in [-0.05, 0) is 68.6 Å². The highest BCUT2D eigenvalue weighted by molar-refractivity contribution is 5.84. The fourth-order valence-electron chi connectivity index (χ4n) is 5.35. The van der Waals surface area contributed by atoms with E-state index in [-0.39, 0.29) is 22.8 Å². The van der Waals surface area contributed by atoms with E-state index in [4.69, 9.17) is 4.74 Å². The molecule has 4 aliphatic rings. The van der Waals surface area contributed by atoms with Gasteiger partial charge < -0.3 is 10.1 Å². The standard InChI is InChI=1S/C19H31NO3/c1-12(23-16(21)11-18(2,3)4)17(22)20-19-8-13-5-14(9-19)7-15(6-13)10-19/h12-15H,5-11H2,1-4H3,(H,20,22)/t12-,13?,14?,15?,19?/m1/s1. The Labute approximate surface area is 139 Å². The summed E-state index contributed by atoms with van der Waals surface area (Å²) in [5.74, 6) is 1.97. The molecule has 4 bridgehead atoms. The molecule has 1 atom stereocenters. The fraction of sp³-hybridized carbons (Fsp3) is 0.895. The van der Waals surface area contributed by atoms with Gasteiger partial charge in [-0.3, -0.25) is 9.59 Å². The van der Waals surface area contributed by atoms with Gasteiger partial charge in [0.2, 0.25) is 0 Å². The Bertz CT molecular complexity index is 456. The third-order valence-corrected chi connectivity index (χ3v) is 5.78. The normalized spacial score (nSPS) is 36.6. The summed E-state index contributed by atoms with van der Waals surface area (Å²) in [6, 6.07) is 0. The third-order valence-electron chi connectivity index (χ3n) is 5.78. The molecule has 0 aromatic heterocycles. The fourth-order valence-corrected chi connectivity index (χ4v) is 5.35. The number of rotatable bonds is 4. The predicted molar refractivity (Wildman–Crippen MR) is 88.7 cm³/mol. The number of carbonyl (C=O) groups is 2. The minimum atomic E-state index is -0.696. The van der Waals surface area contributed by atoms with Crippen LogP contribution in [-0.2, 0) is 14.3 Å². The maximum atomic E-state index is 12.5. The molecule has 4 heteroatoms. The lowest BCUT2D eigenvalue weighted by atomic mass is 9.53. The van der Waals surface area contributed by atoms with Crippen LogP contribution in [0.15, 0.2) is 0 Å². The summed E-state index contributed by atoms with van der Waals surface area (Å²) in [5, 5.41) is 3.28. The van der Waals surface area contributed by atoms with Gasteiger partial charge in [0.15, 0.2) is 6.10 Å². The molecule has 4 rings (SSSR count). The lowest BCUT2D eigenvalue weighted by Crippen LogP contribution is -2.61. The lowest BCUT2D eigenvalue weighted by Gasteiger charge is -2.57. The van der Waals surface area contributed by atoms with Crippen molar-refractivity contribution in [2.75, 3.05) is 0 Å². The highest BCUT2D eigenvalue weighted by Gasteiger charge is 2.51. The zero-order valence-corrected chi connectivity index (χ0v) is 15.0. The Morgan fingerprint density at radius 3 is 2.00 bits per heavy atom. The van der Waals surface area contributed by atoms with E-state index in [9.17, 15) is 9.59 Å². The summed E-state index contributed by atoms with van der Waals surface area (Å²) >= 11 is 0. The summed E-state index contributed by atoms with van der Waals surface area (Å²) in [6.45, 7) is 7.67. The largest absolute Gasteiger partial charge is 0.453 e. The van der Waals surface area contributed by atoms with Gasteiger partial charge in [-0.1, -0.05) is 20.8 Å². The van der Waals surface area contributed by atoms with Crippen LogP contribution in [0.3, 0.4) is 0 Å². The average molecular weight is 321 g/mol. The molecule has 4 nitrogen and oxygen atoms in total. The van der Waals surface area contributed by atoms with E-state index < -0.39 is 6.10 Å². The first-order chi connectivity index (χ1) is 10.6. The molecule has 4 fully saturated rings. The molecule has 4 saturated carbocycles. The maximum absolute atomic E-state index is 12.5. The van der Waals surface area contributed by atoms with Crippen LogP contribution in [0, 0.1) is 23.2 Å². The Morgan fingerprint density at radius 1 is 1.09 bits per heavy atom. The van der Waals surface area contributed by atoms with E-state index in [0.29, 0.717) is 6.42 Å². The van der Waals surface area contributed by atoms with Crippen LogP contribution in [0.1, 0.15) is 72.6 Å². The van der Waals surface area contributed by atoms with Crippen LogP contribution in [0.4, 0.5) is 0 Å². The number of hydrogen-bond acceptors (Lipinski definition) is 3. The topological polar surface area (TPSA) is 55.4 Å². The first kappa shape index (κ1) is 16.8. The lowest BCUT2D eigenvalue weighted by molar-refractivity contribution is -0.158. The van der Waals surface area contributed by atoms with Gasteiger partial charge in [0.05, 0.1) is 6.42 Å². The van der Waals surface area contributed by atoms with Gasteiger partial charge in [-0.2, -0.15) is 0 Å². The van der Waals surface area contributed by atoms with Crippen molar-refractivity contribution < 1.29 is 14.3 Å². The molecule has 0 aromatic carbocycles. The first-order valence-corrected chi connectivity index (χ1v) is 9.16. The Kier molecular flexibility index (Phi) is 4.22. The monoisotopic (exact) mass is 321 g/mol. The average Bonchev–Trinajstić information content (AvgIpc) is 2.33. The first-order valence-electron chi connectivity index (χ1n) is 9.16. The molecule has 0 radical (unpaired) electrons. The second-order valence-corrected chi connectivity index (χ2v) is 9.56. The van der Waals surface area contributed by atoms with Gasteiger partial charge in [-0.25, -0.2) is 0 Å². The van der Waals surface area contributed by atoms with Crippen molar-refractivity contribution in [2.24, 2.45) is 23.2 Å². The van der Waals surface area contributed by atoms with E-state index in [0.717, 1.165) is 37.0 Å². The predicted octanol–water partition coefficient (Wildman–Crippen LogP) is 3.44. The number of amides is 1. The molecule has 0 unspecified atom stereocenters. The summed E-state index contributed by atoms with van der Waals surface area (Å²) in [6.07, 6.45) is 7.05. The molecule has 4 aliphatic carbocycles. The van der Waals surface area contributed by atoms with Crippen LogP contribution in [0.2, 0.25) is 0 Å². The Hall–Kier alpha value is -1.06. The van der Waals surface area contributed by atoms with Crippen LogP contribution in [0.5, 0.6) is 0 Å². The van der Waals surface area contributed by atoms with Crippen LogP contribution in [-0.4, -0.2) is 23.5 Å². The Balaban J connectivity index is 1.55. The minimum Gasteiger partial charge on any atom is -0.453 e. The Morgan fingerprint density at radius 2 is 1.57 bits per heavy atom. The highest BCUT2D eigenvalue weighted by Crippen LogP contribution is 2.55. The van der Waals surface area contributed by atoms with Crippen LogP contribution in [0.25, 0.3) is 0 Å². The van der Waals surface area contributed by atoms with Crippen molar-refractivity contribution in [3.05, 3.63) is 0 Å². The van der Waals surface area contributed by atoms with Crippen molar-refractivity contribution >= 4 is 11.9 Å². The van der Waals surface area contributed by atoms with Gasteiger partial charge in [0.25, 0.3) is 5.91 Å². The molecule has 0 aromatic rings. The SMILES string of the molecule is C[C@@H](OC(=O)CC(C)(C)C)C(=O)NC12CC3CC(CC(C3)C1)C2. The number of carbonyl (C=O) groups excluding carboxylic acids is 2. The molecule has 130 valence electrons. The van der Waals surface area contributed by atoms with Crippen molar-refractivity contribution in [1.82, 2.24) is 5.32 Å². The summed E-state index contributed by atoms with van der Waals surface area (Å²) in [7, 11) is 0. The number of nitrogens with one attached hydrogen (secondary N) is 1. The molecular formula is C19H31NO3. The molecule has 0 saturated heterocycles. The van der Waals surface area contributed by atoms with Gasteiger partial charge >= 0.3 is 5.97 Å². The number of hydrogen-bond donors (Lipinski definition) is 1. The van der Waals surface area contributed by atoms with Gasteiger partial charge in [0.1, 0.15) is 0 Å². The zero-order chi connectivity index (χ0) is 16.8. The zero-order valence-electron chi connectivity index (χ0n) is 15.0. The number of ether oxygens (including phenoxy) is 1. The summed E-state index contributed by atoms with van der Waals surface area (Å²) in [4.78, 5) is 24.5. The molecule has 1 N–H and O–H groups in total.